The largest absolute Gasteiger partial charge is 0.352 e. The van der Waals surface area contributed by atoms with Gasteiger partial charge in [0.25, 0.3) is 0 Å². The van der Waals surface area contributed by atoms with Crippen LogP contribution in [0.5, 0.6) is 0 Å². The van der Waals surface area contributed by atoms with E-state index in [1.165, 1.54) is 0 Å². The molecule has 1 atom stereocenters. The van der Waals surface area contributed by atoms with Crippen LogP contribution in [0.1, 0.15) is 53.8 Å². The molecule has 0 radical (unpaired) electrons. The molecule has 2 N–H and O–H groups in total. The number of carbonyl (C=O) groups excluding carboxylic acids is 1. The normalized spacial score (nSPS) is 19.0. The average Bonchev–Trinajstić information content (AvgIpc) is 3.43. The lowest BCUT2D eigenvalue weighted by Gasteiger charge is -2.15. The minimum atomic E-state index is -3.59. The van der Waals surface area contributed by atoms with Gasteiger partial charge in [0.2, 0.25) is 15.9 Å². The molecule has 0 unspecified atom stereocenters. The number of nitrogens with one attached hydrogen (secondary N) is 2. The standard InChI is InChI=1S/C23H32N4O3S/c1-15-22(16(2)27(3)26-15)10-11-24-31(29,30)21-9-8-18-12-20(13-19(18)14-21)25-23(28)17-6-4-5-7-17/h8-9,14,17,20,24H,4-7,10-13H2,1-3H3,(H,25,28)/t20-/m0/s1. The molecule has 7 nitrogen and oxygen atoms in total. The Morgan fingerprint density at radius 1 is 1.16 bits per heavy atom. The van der Waals surface area contributed by atoms with Gasteiger partial charge < -0.3 is 5.32 Å². The van der Waals surface area contributed by atoms with Crippen LogP contribution in [0.3, 0.4) is 0 Å². The number of rotatable bonds is 7. The zero-order valence-corrected chi connectivity index (χ0v) is 19.4. The number of amides is 1. The third-order valence-electron chi connectivity index (χ3n) is 6.82. The fourth-order valence-electron chi connectivity index (χ4n) is 4.94. The highest BCUT2D eigenvalue weighted by molar-refractivity contribution is 7.89. The van der Waals surface area contributed by atoms with Crippen molar-refractivity contribution in [2.24, 2.45) is 13.0 Å². The van der Waals surface area contributed by atoms with Crippen molar-refractivity contribution in [1.82, 2.24) is 19.8 Å². The third kappa shape index (κ3) is 4.70. The van der Waals surface area contributed by atoms with Crippen molar-refractivity contribution in [1.29, 1.82) is 0 Å². The first kappa shape index (κ1) is 22.0. The quantitative estimate of drug-likeness (QED) is 0.686. The first-order chi connectivity index (χ1) is 14.7. The molecule has 0 bridgehead atoms. The SMILES string of the molecule is Cc1nn(C)c(C)c1CCNS(=O)(=O)c1ccc2c(c1)C[C@@H](NC(=O)C1CCCC1)C2. The summed E-state index contributed by atoms with van der Waals surface area (Å²) in [6.07, 6.45) is 6.29. The summed E-state index contributed by atoms with van der Waals surface area (Å²) in [6, 6.07) is 5.38. The molecule has 0 saturated heterocycles. The van der Waals surface area contributed by atoms with Crippen LogP contribution in [0.25, 0.3) is 0 Å². The van der Waals surface area contributed by atoms with Crippen molar-refractivity contribution >= 4 is 15.9 Å². The van der Waals surface area contributed by atoms with E-state index < -0.39 is 10.0 Å². The highest BCUT2D eigenvalue weighted by Crippen LogP contribution is 2.28. The van der Waals surface area contributed by atoms with Gasteiger partial charge in [-0.3, -0.25) is 9.48 Å². The summed E-state index contributed by atoms with van der Waals surface area (Å²) in [5, 5.41) is 7.56. The smallest absolute Gasteiger partial charge is 0.240 e. The Morgan fingerprint density at radius 3 is 2.55 bits per heavy atom. The first-order valence-electron chi connectivity index (χ1n) is 11.2. The third-order valence-corrected chi connectivity index (χ3v) is 8.28. The fraction of sp³-hybridized carbons (Fsp3) is 0.565. The van der Waals surface area contributed by atoms with Crippen LogP contribution in [0.2, 0.25) is 0 Å². The van der Waals surface area contributed by atoms with Crippen LogP contribution in [0.15, 0.2) is 23.1 Å². The second kappa shape index (κ2) is 8.74. The molecule has 1 heterocycles. The van der Waals surface area contributed by atoms with Gasteiger partial charge in [0.05, 0.1) is 10.6 Å². The van der Waals surface area contributed by atoms with Crippen molar-refractivity contribution in [3.63, 3.8) is 0 Å². The van der Waals surface area contributed by atoms with Gasteiger partial charge in [-0.25, -0.2) is 13.1 Å². The molecular weight excluding hydrogens is 412 g/mol. The molecule has 2 aliphatic rings. The van der Waals surface area contributed by atoms with Crippen molar-refractivity contribution in [2.45, 2.75) is 69.7 Å². The second-order valence-corrected chi connectivity index (χ2v) is 10.7. The maximum atomic E-state index is 12.8. The minimum absolute atomic E-state index is 0.0607. The molecule has 8 heteroatoms. The van der Waals surface area contributed by atoms with Gasteiger partial charge in [-0.2, -0.15) is 5.10 Å². The first-order valence-corrected chi connectivity index (χ1v) is 12.6. The van der Waals surface area contributed by atoms with Crippen molar-refractivity contribution in [2.75, 3.05) is 6.54 Å². The summed E-state index contributed by atoms with van der Waals surface area (Å²) in [7, 11) is -1.70. The van der Waals surface area contributed by atoms with Gasteiger partial charge >= 0.3 is 0 Å². The Balaban J connectivity index is 1.37. The monoisotopic (exact) mass is 444 g/mol. The number of nitrogens with zero attached hydrogens (tertiary/aromatic N) is 2. The number of hydrogen-bond donors (Lipinski definition) is 2. The van der Waals surface area contributed by atoms with E-state index in [2.05, 4.69) is 15.1 Å². The topological polar surface area (TPSA) is 93.1 Å². The van der Waals surface area contributed by atoms with Crippen LogP contribution < -0.4 is 10.0 Å². The molecule has 4 rings (SSSR count). The van der Waals surface area contributed by atoms with Gasteiger partial charge in [0.1, 0.15) is 0 Å². The lowest BCUT2D eigenvalue weighted by molar-refractivity contribution is -0.125. The summed E-state index contributed by atoms with van der Waals surface area (Å²) < 4.78 is 30.2. The van der Waals surface area contributed by atoms with Crippen LogP contribution in [0, 0.1) is 19.8 Å². The highest BCUT2D eigenvalue weighted by Gasteiger charge is 2.29. The molecule has 2 aliphatic carbocycles. The molecule has 168 valence electrons. The zero-order valence-electron chi connectivity index (χ0n) is 18.6. The van der Waals surface area contributed by atoms with Gasteiger partial charge in [-0.05, 0) is 74.8 Å². The predicted octanol–water partition coefficient (Wildman–Crippen LogP) is 2.33. The number of carbonyl (C=O) groups is 1. The maximum Gasteiger partial charge on any atom is 0.240 e. The highest BCUT2D eigenvalue weighted by atomic mass is 32.2. The van der Waals surface area contributed by atoms with Gasteiger partial charge in [-0.1, -0.05) is 18.9 Å². The van der Waals surface area contributed by atoms with Crippen LogP contribution >= 0.6 is 0 Å². The van der Waals surface area contributed by atoms with Crippen LogP contribution in [-0.2, 0) is 41.1 Å². The minimum Gasteiger partial charge on any atom is -0.352 e. The van der Waals surface area contributed by atoms with E-state index in [1.807, 2.05) is 31.6 Å². The lowest BCUT2D eigenvalue weighted by Crippen LogP contribution is -2.38. The Morgan fingerprint density at radius 2 is 1.87 bits per heavy atom. The summed E-state index contributed by atoms with van der Waals surface area (Å²) in [6.45, 7) is 4.26. The van der Waals surface area contributed by atoms with E-state index in [9.17, 15) is 13.2 Å². The molecule has 1 amide bonds. The molecule has 1 saturated carbocycles. The van der Waals surface area contributed by atoms with E-state index in [0.717, 1.165) is 60.2 Å². The zero-order chi connectivity index (χ0) is 22.2. The molecular formula is C23H32N4O3S. The number of aromatic nitrogens is 2. The summed E-state index contributed by atoms with van der Waals surface area (Å²) in [4.78, 5) is 12.7. The molecule has 31 heavy (non-hydrogen) atoms. The summed E-state index contributed by atoms with van der Waals surface area (Å²) in [5.74, 6) is 0.307. The van der Waals surface area contributed by atoms with Crippen LogP contribution in [-0.4, -0.2) is 36.7 Å². The molecule has 1 aromatic heterocycles. The molecule has 1 aromatic carbocycles. The molecule has 0 spiro atoms. The van der Waals surface area contributed by atoms with Gasteiger partial charge in [0.15, 0.2) is 0 Å². The van der Waals surface area contributed by atoms with Gasteiger partial charge in [0, 0.05) is 31.2 Å². The number of benzene rings is 1. The van der Waals surface area contributed by atoms with E-state index >= 15 is 0 Å². The lowest BCUT2D eigenvalue weighted by atomic mass is 10.1. The Bertz CT molecular complexity index is 1080. The summed E-state index contributed by atoms with van der Waals surface area (Å²) in [5.41, 5.74) is 5.21. The fourth-order valence-corrected chi connectivity index (χ4v) is 6.03. The van der Waals surface area contributed by atoms with E-state index in [4.69, 9.17) is 0 Å². The maximum absolute atomic E-state index is 12.8. The predicted molar refractivity (Wildman–Crippen MR) is 119 cm³/mol. The number of aryl methyl sites for hydroxylation is 2. The van der Waals surface area contributed by atoms with Crippen molar-refractivity contribution < 1.29 is 13.2 Å². The Kier molecular flexibility index (Phi) is 6.21. The summed E-state index contributed by atoms with van der Waals surface area (Å²) >= 11 is 0. The van der Waals surface area contributed by atoms with Crippen molar-refractivity contribution in [3.05, 3.63) is 46.3 Å². The number of sulfonamides is 1. The average molecular weight is 445 g/mol. The van der Waals surface area contributed by atoms with E-state index in [1.54, 1.807) is 12.1 Å². The number of hydrogen-bond acceptors (Lipinski definition) is 4. The molecule has 1 fully saturated rings. The van der Waals surface area contributed by atoms with Crippen molar-refractivity contribution in [3.8, 4) is 0 Å². The van der Waals surface area contributed by atoms with E-state index in [-0.39, 0.29) is 22.8 Å². The second-order valence-electron chi connectivity index (χ2n) is 8.95. The molecule has 2 aromatic rings. The van der Waals surface area contributed by atoms with Gasteiger partial charge in [-0.15, -0.1) is 0 Å². The number of fused-ring (bicyclic) bond motifs is 1. The van der Waals surface area contributed by atoms with Crippen LogP contribution in [0.4, 0.5) is 0 Å². The van der Waals surface area contributed by atoms with E-state index in [0.29, 0.717) is 19.4 Å². The Hall–Kier alpha value is -2.19. The Labute approximate surface area is 184 Å². The molecule has 0 aliphatic heterocycles.